The van der Waals surface area contributed by atoms with Crippen molar-refractivity contribution in [1.82, 2.24) is 0 Å². The Kier molecular flexibility index (Phi) is 16.0. The fourth-order valence-corrected chi connectivity index (χ4v) is 6.60. The quantitative estimate of drug-likeness (QED) is 0.0575. The van der Waals surface area contributed by atoms with Crippen LogP contribution >= 0.6 is 0 Å². The predicted octanol–water partition coefficient (Wildman–Crippen LogP) is -3.61. The highest BCUT2D eigenvalue weighted by Gasteiger charge is 2.55. The van der Waals surface area contributed by atoms with Gasteiger partial charge in [0.1, 0.15) is 67.1 Å². The van der Waals surface area contributed by atoms with Gasteiger partial charge in [-0.05, 0) is 47.9 Å². The molecule has 11 N–H and O–H groups in total. The second-order valence-electron chi connectivity index (χ2n) is 13.6. The van der Waals surface area contributed by atoms with Gasteiger partial charge in [0, 0.05) is 6.08 Å². The molecule has 2 aromatic carbocycles. The molecule has 58 heavy (non-hydrogen) atoms. The normalized spacial score (nSPS) is 35.5. The second-order valence-corrected chi connectivity index (χ2v) is 13.6. The lowest BCUT2D eigenvalue weighted by molar-refractivity contribution is -0.389. The summed E-state index contributed by atoms with van der Waals surface area (Å²) in [6.07, 6.45) is -24.1. The van der Waals surface area contributed by atoms with Crippen molar-refractivity contribution in [3.8, 4) is 23.0 Å². The molecule has 3 fully saturated rings. The molecule has 0 saturated carbocycles. The first kappa shape index (κ1) is 45.3. The van der Waals surface area contributed by atoms with Gasteiger partial charge in [-0.15, -0.1) is 0 Å². The summed E-state index contributed by atoms with van der Waals surface area (Å²) in [5.41, 5.74) is 1.01. The second kappa shape index (κ2) is 20.5. The van der Waals surface area contributed by atoms with E-state index in [4.69, 9.17) is 42.6 Å². The monoisotopic (exact) mass is 830 g/mol. The maximum Gasteiger partial charge on any atom is 0.331 e. The summed E-state index contributed by atoms with van der Waals surface area (Å²) in [6, 6.07) is 8.86. The van der Waals surface area contributed by atoms with Crippen molar-refractivity contribution in [2.75, 3.05) is 40.6 Å². The molecule has 0 spiro atoms. The first-order valence-electron chi connectivity index (χ1n) is 18.2. The number of methoxy groups -OCH3 is 2. The number of hydrogen-bond donors (Lipinski definition) is 11. The maximum atomic E-state index is 13.3. The van der Waals surface area contributed by atoms with E-state index in [9.17, 15) is 61.0 Å². The molecule has 15 unspecified atom stereocenters. The number of aliphatic hydroxyl groups is 9. The van der Waals surface area contributed by atoms with Crippen LogP contribution in [0.2, 0.25) is 0 Å². The molecule has 3 aliphatic rings. The summed E-state index contributed by atoms with van der Waals surface area (Å²) in [5, 5.41) is 115. The van der Waals surface area contributed by atoms with Gasteiger partial charge in [0.2, 0.25) is 0 Å². The number of benzene rings is 2. The zero-order valence-electron chi connectivity index (χ0n) is 31.3. The average molecular weight is 831 g/mol. The Bertz CT molecular complexity index is 1660. The minimum Gasteiger partial charge on any atom is -0.504 e. The van der Waals surface area contributed by atoms with E-state index in [0.29, 0.717) is 11.1 Å². The Balaban J connectivity index is 1.43. The molecule has 15 atom stereocenters. The van der Waals surface area contributed by atoms with Crippen LogP contribution in [0, 0.1) is 0 Å². The molecule has 5 rings (SSSR count). The van der Waals surface area contributed by atoms with E-state index in [0.717, 1.165) is 6.08 Å². The summed E-state index contributed by atoms with van der Waals surface area (Å²) in [4.78, 5) is 13.3. The molecule has 0 amide bonds. The molecular weight excluding hydrogens is 780 g/mol. The van der Waals surface area contributed by atoms with Gasteiger partial charge >= 0.3 is 5.97 Å². The van der Waals surface area contributed by atoms with Gasteiger partial charge in [-0.1, -0.05) is 12.1 Å². The standard InChI is InChI=1S/C37H50O21/c1-50-20-7-4-17(11-19(20)42)9-10-52-35-31(49)33(32(24(15-40)55-35)56-25(43)8-5-16-3-6-18(41)21(12-16)51-2)57-37-34(29(47)27(45)23(14-39)54-37)58-36-30(48)28(46)26(44)22(13-38)53-36/h3-8,11-12,22-24,26-42,44-49H,9-10,13-15H2,1-2H3. The van der Waals surface area contributed by atoms with Gasteiger partial charge in [-0.2, -0.15) is 0 Å². The molecule has 21 nitrogen and oxygen atoms in total. The SMILES string of the molecule is COc1ccc(CCOC2OC(CO)C(OC(=O)C=Cc3ccc(O)c(OC)c3)C(OC3OC(CO)C(O)C(O)C3OC3OC(CO)C(O)C(O)C3O)C2O)cc1O. The summed E-state index contributed by atoms with van der Waals surface area (Å²) in [7, 11) is 2.72. The third kappa shape index (κ3) is 10.3. The van der Waals surface area contributed by atoms with Gasteiger partial charge in [0.15, 0.2) is 48.0 Å². The molecule has 2 aromatic rings. The lowest BCUT2D eigenvalue weighted by Crippen LogP contribution is -2.67. The van der Waals surface area contributed by atoms with Crippen LogP contribution in [0.5, 0.6) is 23.0 Å². The smallest absolute Gasteiger partial charge is 0.331 e. The van der Waals surface area contributed by atoms with Gasteiger partial charge in [-0.3, -0.25) is 0 Å². The largest absolute Gasteiger partial charge is 0.504 e. The minimum atomic E-state index is -1.99. The summed E-state index contributed by atoms with van der Waals surface area (Å²) in [6.45, 7) is -2.68. The third-order valence-corrected chi connectivity index (χ3v) is 9.83. The molecular formula is C37H50O21. The number of hydrogen-bond acceptors (Lipinski definition) is 21. The topological polar surface area (TPSA) is 323 Å². The van der Waals surface area contributed by atoms with Gasteiger partial charge < -0.3 is 98.8 Å². The summed E-state index contributed by atoms with van der Waals surface area (Å²) in [5.74, 6) is -0.975. The lowest BCUT2D eigenvalue weighted by Gasteiger charge is -2.48. The molecule has 0 aromatic heterocycles. The Labute approximate surface area is 331 Å². The Morgan fingerprint density at radius 2 is 1.26 bits per heavy atom. The number of aromatic hydroxyl groups is 2. The van der Waals surface area contributed by atoms with Gasteiger partial charge in [0.05, 0.1) is 40.6 Å². The van der Waals surface area contributed by atoms with Crippen LogP contribution in [0.15, 0.2) is 42.5 Å². The number of carbonyl (C=O) groups is 1. The summed E-state index contributed by atoms with van der Waals surface area (Å²) >= 11 is 0. The van der Waals surface area contributed by atoms with E-state index in [1.165, 1.54) is 50.6 Å². The van der Waals surface area contributed by atoms with Crippen molar-refractivity contribution >= 4 is 12.0 Å². The zero-order chi connectivity index (χ0) is 42.3. The van der Waals surface area contributed by atoms with Crippen LogP contribution in [-0.2, 0) is 44.4 Å². The lowest BCUT2D eigenvalue weighted by atomic mass is 9.96. The third-order valence-electron chi connectivity index (χ3n) is 9.83. The Hall–Kier alpha value is -3.75. The first-order valence-corrected chi connectivity index (χ1v) is 18.2. The first-order chi connectivity index (χ1) is 27.7. The number of rotatable bonds is 16. The van der Waals surface area contributed by atoms with E-state index < -0.39 is 118 Å². The molecule has 0 bridgehead atoms. The minimum absolute atomic E-state index is 0.115. The van der Waals surface area contributed by atoms with Crippen LogP contribution in [0.1, 0.15) is 11.1 Å². The molecule has 324 valence electrons. The van der Waals surface area contributed by atoms with Crippen molar-refractivity contribution in [3.63, 3.8) is 0 Å². The number of aliphatic hydroxyl groups excluding tert-OH is 9. The van der Waals surface area contributed by atoms with Crippen LogP contribution in [0.3, 0.4) is 0 Å². The predicted molar refractivity (Wildman–Crippen MR) is 191 cm³/mol. The number of ether oxygens (including phenoxy) is 9. The van der Waals surface area contributed by atoms with Crippen molar-refractivity contribution in [1.29, 1.82) is 0 Å². The van der Waals surface area contributed by atoms with Gasteiger partial charge in [0.25, 0.3) is 0 Å². The zero-order valence-corrected chi connectivity index (χ0v) is 31.3. The van der Waals surface area contributed by atoms with Gasteiger partial charge in [-0.25, -0.2) is 4.79 Å². The Morgan fingerprint density at radius 3 is 1.90 bits per heavy atom. The number of esters is 1. The average Bonchev–Trinajstić information content (AvgIpc) is 3.22. The van der Waals surface area contributed by atoms with Crippen molar-refractivity contribution in [2.45, 2.75) is 98.5 Å². The van der Waals surface area contributed by atoms with E-state index in [1.54, 1.807) is 6.07 Å². The highest BCUT2D eigenvalue weighted by atomic mass is 16.8. The molecule has 3 aliphatic heterocycles. The number of phenolic OH excluding ortho intramolecular Hbond substituents is 2. The molecule has 0 radical (unpaired) electrons. The van der Waals surface area contributed by atoms with Crippen LogP contribution in [-0.4, -0.2) is 195 Å². The number of carbonyl (C=O) groups excluding carboxylic acids is 1. The summed E-state index contributed by atoms with van der Waals surface area (Å²) < 4.78 is 50.5. The molecule has 3 saturated heterocycles. The van der Waals surface area contributed by atoms with Crippen molar-refractivity contribution < 1.29 is 104 Å². The molecule has 21 heteroatoms. The van der Waals surface area contributed by atoms with E-state index in [1.807, 2.05) is 0 Å². The Morgan fingerprint density at radius 1 is 0.638 bits per heavy atom. The van der Waals surface area contributed by atoms with Crippen LogP contribution in [0.4, 0.5) is 0 Å². The maximum absolute atomic E-state index is 13.3. The fourth-order valence-electron chi connectivity index (χ4n) is 6.60. The number of phenols is 2. The highest BCUT2D eigenvalue weighted by molar-refractivity contribution is 5.87. The van der Waals surface area contributed by atoms with Crippen molar-refractivity contribution in [2.24, 2.45) is 0 Å². The van der Waals surface area contributed by atoms with E-state index >= 15 is 0 Å². The van der Waals surface area contributed by atoms with Crippen molar-refractivity contribution in [3.05, 3.63) is 53.6 Å². The van der Waals surface area contributed by atoms with E-state index in [-0.39, 0.29) is 36.0 Å². The fraction of sp³-hybridized carbons (Fsp3) is 0.595. The van der Waals surface area contributed by atoms with E-state index in [2.05, 4.69) is 0 Å². The highest BCUT2D eigenvalue weighted by Crippen LogP contribution is 2.35. The molecule has 3 heterocycles. The van der Waals surface area contributed by atoms with Crippen LogP contribution < -0.4 is 9.47 Å². The van der Waals surface area contributed by atoms with Crippen LogP contribution in [0.25, 0.3) is 6.08 Å². The molecule has 0 aliphatic carbocycles.